The Labute approximate surface area is 142 Å². The van der Waals surface area contributed by atoms with Gasteiger partial charge in [-0.3, -0.25) is 9.59 Å². The molecule has 0 aliphatic heterocycles. The summed E-state index contributed by atoms with van der Waals surface area (Å²) in [7, 11) is 0. The molecule has 2 aliphatic carbocycles. The molecule has 6 nitrogen and oxygen atoms in total. The molecule has 8 heteroatoms. The highest BCUT2D eigenvalue weighted by atomic mass is 32.2. The number of fused-ring (bicyclic) bond motifs is 1. The lowest BCUT2D eigenvalue weighted by molar-refractivity contribution is -0.147. The Morgan fingerprint density at radius 1 is 1.38 bits per heavy atom. The molecule has 0 saturated heterocycles. The third kappa shape index (κ3) is 2.40. The lowest BCUT2D eigenvalue weighted by Crippen LogP contribution is -2.59. The van der Waals surface area contributed by atoms with Crippen LogP contribution < -0.4 is 11.5 Å². The van der Waals surface area contributed by atoms with Crippen molar-refractivity contribution >= 4 is 23.7 Å². The van der Waals surface area contributed by atoms with E-state index >= 15 is 0 Å². The summed E-state index contributed by atoms with van der Waals surface area (Å²) in [4.78, 5) is 23.8. The van der Waals surface area contributed by atoms with Crippen LogP contribution in [-0.4, -0.2) is 39.5 Å². The van der Waals surface area contributed by atoms with E-state index < -0.39 is 47.2 Å². The zero-order chi connectivity index (χ0) is 17.8. The number of nitrogens with two attached hydrogens (primary N) is 2. The van der Waals surface area contributed by atoms with E-state index in [2.05, 4.69) is 0 Å². The molecule has 1 aromatic carbocycles. The van der Waals surface area contributed by atoms with Crippen LogP contribution in [0.15, 0.2) is 23.1 Å². The van der Waals surface area contributed by atoms with Crippen LogP contribution >= 0.6 is 11.8 Å². The normalized spacial score (nSPS) is 37.1. The van der Waals surface area contributed by atoms with Crippen LogP contribution in [0.2, 0.25) is 0 Å². The Morgan fingerprint density at radius 3 is 2.58 bits per heavy atom. The first-order chi connectivity index (χ1) is 11.2. The standard InChI is InChI=1S/C16H19FN2O4S/c1-6-4-7(2-3-9(6)17)24-5-8-13(18)10-11(14(20)21)12(10)16(8,19)15(22)23/h2-4,8,10-13H,5,18-19H2,1H3,(H,20,21)(H,22,23)/t8-,10+,11+,12+,13-,16+/m1/s1. The quantitative estimate of drug-likeness (QED) is 0.579. The molecule has 0 heterocycles. The molecule has 2 fully saturated rings. The number of carbonyl (C=O) groups is 2. The van der Waals surface area contributed by atoms with Gasteiger partial charge < -0.3 is 21.7 Å². The summed E-state index contributed by atoms with van der Waals surface area (Å²) in [5.74, 6) is -4.58. The zero-order valence-corrected chi connectivity index (χ0v) is 13.8. The second-order valence-electron chi connectivity index (χ2n) is 6.61. The molecular weight excluding hydrogens is 335 g/mol. The molecule has 130 valence electrons. The van der Waals surface area contributed by atoms with Gasteiger partial charge in [0.05, 0.1) is 5.92 Å². The Hall–Kier alpha value is -1.64. The molecule has 0 radical (unpaired) electrons. The Morgan fingerprint density at radius 2 is 2.04 bits per heavy atom. The highest BCUT2D eigenvalue weighted by Gasteiger charge is 2.76. The maximum atomic E-state index is 13.3. The van der Waals surface area contributed by atoms with Gasteiger partial charge in [-0.1, -0.05) is 0 Å². The van der Waals surface area contributed by atoms with Crippen molar-refractivity contribution in [3.63, 3.8) is 0 Å². The van der Waals surface area contributed by atoms with Gasteiger partial charge in [0.25, 0.3) is 0 Å². The van der Waals surface area contributed by atoms with Crippen LogP contribution in [0.25, 0.3) is 0 Å². The van der Waals surface area contributed by atoms with Crippen molar-refractivity contribution in [3.05, 3.63) is 29.6 Å². The second-order valence-corrected chi connectivity index (χ2v) is 7.70. The van der Waals surface area contributed by atoms with E-state index in [-0.39, 0.29) is 5.82 Å². The molecule has 24 heavy (non-hydrogen) atoms. The SMILES string of the molecule is Cc1cc(SC[C@@H]2[C@@H](N)[C@H]3[C@H](C(=O)O)[C@H]3[C@]2(N)C(=O)O)ccc1F. The van der Waals surface area contributed by atoms with Gasteiger partial charge in [0, 0.05) is 28.5 Å². The predicted molar refractivity (Wildman–Crippen MR) is 86.0 cm³/mol. The number of benzene rings is 1. The molecule has 0 unspecified atom stereocenters. The first kappa shape index (κ1) is 17.2. The van der Waals surface area contributed by atoms with E-state index in [1.165, 1.54) is 17.8 Å². The van der Waals surface area contributed by atoms with E-state index in [1.807, 2.05) is 0 Å². The lowest BCUT2D eigenvalue weighted by atomic mass is 9.81. The summed E-state index contributed by atoms with van der Waals surface area (Å²) in [6.45, 7) is 1.65. The number of halogens is 1. The first-order valence-electron chi connectivity index (χ1n) is 7.59. The maximum Gasteiger partial charge on any atom is 0.324 e. The number of aliphatic carboxylic acids is 2. The topological polar surface area (TPSA) is 127 Å². The van der Waals surface area contributed by atoms with Gasteiger partial charge in [-0.25, -0.2) is 4.39 Å². The Balaban J connectivity index is 1.79. The van der Waals surface area contributed by atoms with Crippen molar-refractivity contribution in [2.24, 2.45) is 35.1 Å². The van der Waals surface area contributed by atoms with E-state index in [9.17, 15) is 24.2 Å². The number of thioether (sulfide) groups is 1. The van der Waals surface area contributed by atoms with Crippen LogP contribution in [0, 0.1) is 36.4 Å². The van der Waals surface area contributed by atoms with Gasteiger partial charge in [-0.2, -0.15) is 0 Å². The summed E-state index contributed by atoms with van der Waals surface area (Å²) >= 11 is 1.36. The van der Waals surface area contributed by atoms with Crippen molar-refractivity contribution in [3.8, 4) is 0 Å². The van der Waals surface area contributed by atoms with E-state index in [1.54, 1.807) is 19.1 Å². The largest absolute Gasteiger partial charge is 0.481 e. The van der Waals surface area contributed by atoms with E-state index in [0.29, 0.717) is 11.3 Å². The summed E-state index contributed by atoms with van der Waals surface area (Å²) in [5, 5.41) is 18.8. The summed E-state index contributed by atoms with van der Waals surface area (Å²) in [5.41, 5.74) is 11.2. The fraction of sp³-hybridized carbons (Fsp3) is 0.500. The molecule has 0 spiro atoms. The Bertz CT molecular complexity index is 715. The smallest absolute Gasteiger partial charge is 0.324 e. The Kier molecular flexibility index (Phi) is 4.09. The molecule has 0 amide bonds. The minimum absolute atomic E-state index is 0.304. The number of rotatable bonds is 5. The van der Waals surface area contributed by atoms with Gasteiger partial charge >= 0.3 is 11.9 Å². The monoisotopic (exact) mass is 354 g/mol. The van der Waals surface area contributed by atoms with Crippen LogP contribution in [0.4, 0.5) is 4.39 Å². The van der Waals surface area contributed by atoms with E-state index in [4.69, 9.17) is 11.5 Å². The van der Waals surface area contributed by atoms with Gasteiger partial charge in [0.1, 0.15) is 11.4 Å². The number of hydrogen-bond acceptors (Lipinski definition) is 5. The van der Waals surface area contributed by atoms with Crippen molar-refractivity contribution < 1.29 is 24.2 Å². The molecule has 2 saturated carbocycles. The molecule has 0 aromatic heterocycles. The number of carboxylic acids is 2. The van der Waals surface area contributed by atoms with Crippen molar-refractivity contribution in [2.45, 2.75) is 23.4 Å². The predicted octanol–water partition coefficient (Wildman–Crippen LogP) is 0.912. The van der Waals surface area contributed by atoms with Crippen molar-refractivity contribution in [1.29, 1.82) is 0 Å². The van der Waals surface area contributed by atoms with Crippen molar-refractivity contribution in [2.75, 3.05) is 5.75 Å². The average Bonchev–Trinajstić information content (AvgIpc) is 3.21. The summed E-state index contributed by atoms with van der Waals surface area (Å²) in [6.07, 6.45) is 0. The molecule has 3 rings (SSSR count). The van der Waals surface area contributed by atoms with Gasteiger partial charge in [-0.05, 0) is 36.6 Å². The summed E-state index contributed by atoms with van der Waals surface area (Å²) < 4.78 is 13.3. The highest BCUT2D eigenvalue weighted by Crippen LogP contribution is 2.63. The van der Waals surface area contributed by atoms with Gasteiger partial charge in [0.2, 0.25) is 0 Å². The third-order valence-electron chi connectivity index (χ3n) is 5.36. The zero-order valence-electron chi connectivity index (χ0n) is 13.0. The number of carboxylic acid groups (broad SMARTS) is 2. The maximum absolute atomic E-state index is 13.3. The average molecular weight is 354 g/mol. The fourth-order valence-corrected chi connectivity index (χ4v) is 5.32. The van der Waals surface area contributed by atoms with Gasteiger partial charge in [0.15, 0.2) is 0 Å². The van der Waals surface area contributed by atoms with Crippen LogP contribution in [0.3, 0.4) is 0 Å². The number of aryl methyl sites for hydroxylation is 1. The minimum Gasteiger partial charge on any atom is -0.481 e. The molecular formula is C16H19FN2O4S. The second kappa shape index (κ2) is 5.72. The van der Waals surface area contributed by atoms with E-state index in [0.717, 1.165) is 4.90 Å². The molecule has 6 atom stereocenters. The minimum atomic E-state index is -1.64. The molecule has 1 aromatic rings. The first-order valence-corrected chi connectivity index (χ1v) is 8.57. The van der Waals surface area contributed by atoms with Crippen LogP contribution in [0.5, 0.6) is 0 Å². The van der Waals surface area contributed by atoms with Gasteiger partial charge in [-0.15, -0.1) is 11.8 Å². The third-order valence-corrected chi connectivity index (χ3v) is 6.48. The molecule has 0 bridgehead atoms. The molecule has 2 aliphatic rings. The van der Waals surface area contributed by atoms with Crippen LogP contribution in [0.1, 0.15) is 5.56 Å². The van der Waals surface area contributed by atoms with Crippen molar-refractivity contribution in [1.82, 2.24) is 0 Å². The highest BCUT2D eigenvalue weighted by molar-refractivity contribution is 7.99. The molecule has 6 N–H and O–H groups in total. The number of hydrogen-bond donors (Lipinski definition) is 4. The fourth-order valence-electron chi connectivity index (χ4n) is 4.02. The van der Waals surface area contributed by atoms with Crippen LogP contribution in [-0.2, 0) is 9.59 Å². The summed E-state index contributed by atoms with van der Waals surface area (Å²) in [6, 6.07) is 4.08. The lowest BCUT2D eigenvalue weighted by Gasteiger charge is -2.33.